The van der Waals surface area contributed by atoms with E-state index < -0.39 is 0 Å². The summed E-state index contributed by atoms with van der Waals surface area (Å²) < 4.78 is 5.31. The first kappa shape index (κ1) is 25.4. The maximum Gasteiger partial charge on any atom is 0.253 e. The Morgan fingerprint density at radius 1 is 1.19 bits per heavy atom. The molecule has 0 radical (unpaired) electrons. The first-order valence-corrected chi connectivity index (χ1v) is 10.3. The molecule has 0 bridgehead atoms. The Morgan fingerprint density at radius 2 is 2.03 bits per heavy atom. The molecule has 2 aromatic heterocycles. The van der Waals surface area contributed by atoms with E-state index >= 15 is 0 Å². The maximum atomic E-state index is 12.1. The van der Waals surface area contributed by atoms with Crippen LogP contribution in [0.4, 0.5) is 0 Å². The molecule has 32 heavy (non-hydrogen) atoms. The number of guanidine groups is 1. The highest BCUT2D eigenvalue weighted by Crippen LogP contribution is 2.14. The van der Waals surface area contributed by atoms with E-state index in [9.17, 15) is 4.79 Å². The minimum absolute atomic E-state index is 0. The van der Waals surface area contributed by atoms with E-state index in [1.54, 1.807) is 31.3 Å². The number of hydrogen-bond donors (Lipinski definition) is 3. The number of carbonyl (C=O) groups is 1. The molecule has 2 heterocycles. The average molecular weight is 551 g/mol. The second kappa shape index (κ2) is 12.8. The van der Waals surface area contributed by atoms with Crippen molar-refractivity contribution in [2.45, 2.75) is 19.8 Å². The van der Waals surface area contributed by atoms with Gasteiger partial charge in [0.05, 0.1) is 6.26 Å². The van der Waals surface area contributed by atoms with E-state index in [4.69, 9.17) is 4.42 Å². The van der Waals surface area contributed by atoms with Crippen LogP contribution in [0.2, 0.25) is 0 Å². The van der Waals surface area contributed by atoms with Crippen LogP contribution in [0.1, 0.15) is 28.7 Å². The lowest BCUT2D eigenvalue weighted by atomic mass is 10.1. The molecule has 0 aliphatic heterocycles. The number of halogens is 1. The Kier molecular flexibility index (Phi) is 10.2. The molecule has 3 N–H and O–H groups in total. The highest BCUT2D eigenvalue weighted by molar-refractivity contribution is 14.0. The average Bonchev–Trinajstić information content (AvgIpc) is 3.45. The smallest absolute Gasteiger partial charge is 0.253 e. The Morgan fingerprint density at radius 3 is 2.75 bits per heavy atom. The third-order valence-electron chi connectivity index (χ3n) is 4.52. The van der Waals surface area contributed by atoms with Gasteiger partial charge in [0.2, 0.25) is 5.82 Å². The number of H-pyrrole nitrogens is 1. The maximum absolute atomic E-state index is 12.1. The molecule has 0 saturated carbocycles. The fraction of sp³-hybridized carbons (Fsp3) is 0.364. The standard InChI is InChI=1S/C22H29N7O2.HI/c1-4-23-22(24-12-10-16-7-5-8-17(15-16)21(30)29(2)3)25-13-11-19-26-20(28-27-19)18-9-6-14-31-18;/h5-9,14-15H,4,10-13H2,1-3H3,(H2,23,24,25)(H,26,27,28);1H. The number of benzene rings is 1. The lowest BCUT2D eigenvalue weighted by Crippen LogP contribution is -2.38. The summed E-state index contributed by atoms with van der Waals surface area (Å²) in [5.41, 5.74) is 1.80. The van der Waals surface area contributed by atoms with Gasteiger partial charge in [0.1, 0.15) is 5.82 Å². The number of furan rings is 1. The fourth-order valence-electron chi connectivity index (χ4n) is 2.98. The van der Waals surface area contributed by atoms with Crippen LogP contribution in [-0.4, -0.2) is 65.7 Å². The molecule has 172 valence electrons. The topological polar surface area (TPSA) is 111 Å². The van der Waals surface area contributed by atoms with Gasteiger partial charge in [-0.15, -0.1) is 24.0 Å². The van der Waals surface area contributed by atoms with Crippen molar-refractivity contribution in [2.24, 2.45) is 4.99 Å². The number of aliphatic imine (C=N–C) groups is 1. The van der Waals surface area contributed by atoms with E-state index in [0.29, 0.717) is 36.7 Å². The van der Waals surface area contributed by atoms with Gasteiger partial charge < -0.3 is 20.0 Å². The zero-order valence-corrected chi connectivity index (χ0v) is 20.9. The van der Waals surface area contributed by atoms with Gasteiger partial charge in [-0.2, -0.15) is 5.10 Å². The van der Waals surface area contributed by atoms with Gasteiger partial charge in [-0.3, -0.25) is 14.9 Å². The molecule has 0 aliphatic carbocycles. The minimum Gasteiger partial charge on any atom is -0.461 e. The summed E-state index contributed by atoms with van der Waals surface area (Å²) in [5, 5.41) is 13.7. The Balaban J connectivity index is 0.00000363. The van der Waals surface area contributed by atoms with Crippen molar-refractivity contribution >= 4 is 35.8 Å². The van der Waals surface area contributed by atoms with Gasteiger partial charge in [-0.1, -0.05) is 12.1 Å². The van der Waals surface area contributed by atoms with Crippen molar-refractivity contribution in [3.05, 3.63) is 59.6 Å². The van der Waals surface area contributed by atoms with Crippen LogP contribution in [0.5, 0.6) is 0 Å². The van der Waals surface area contributed by atoms with Crippen LogP contribution in [0, 0.1) is 0 Å². The minimum atomic E-state index is 0. The van der Waals surface area contributed by atoms with Gasteiger partial charge in [-0.25, -0.2) is 4.98 Å². The molecule has 3 rings (SSSR count). The molecule has 1 amide bonds. The number of carbonyl (C=O) groups excluding carboxylic acids is 1. The molecule has 3 aromatic rings. The SMILES string of the molecule is CCNC(=NCCc1nc(-c2ccco2)n[nH]1)NCCc1cccc(C(=O)N(C)C)c1.I. The van der Waals surface area contributed by atoms with Gasteiger partial charge in [0.15, 0.2) is 11.7 Å². The van der Waals surface area contributed by atoms with Crippen molar-refractivity contribution in [1.29, 1.82) is 0 Å². The normalized spacial score (nSPS) is 11.0. The molecular weight excluding hydrogens is 521 g/mol. The molecule has 0 aliphatic rings. The lowest BCUT2D eigenvalue weighted by Gasteiger charge is -2.13. The molecule has 10 heteroatoms. The van der Waals surface area contributed by atoms with Crippen LogP contribution < -0.4 is 10.6 Å². The molecule has 0 unspecified atom stereocenters. The van der Waals surface area contributed by atoms with E-state index in [0.717, 1.165) is 30.3 Å². The van der Waals surface area contributed by atoms with E-state index in [-0.39, 0.29) is 29.9 Å². The number of nitrogens with zero attached hydrogens (tertiary/aromatic N) is 4. The number of hydrogen-bond acceptors (Lipinski definition) is 5. The van der Waals surface area contributed by atoms with Crippen molar-refractivity contribution in [2.75, 3.05) is 33.7 Å². The van der Waals surface area contributed by atoms with E-state index in [1.165, 1.54) is 0 Å². The third-order valence-corrected chi connectivity index (χ3v) is 4.52. The van der Waals surface area contributed by atoms with Gasteiger partial charge in [0.25, 0.3) is 5.91 Å². The van der Waals surface area contributed by atoms with Crippen LogP contribution in [-0.2, 0) is 12.8 Å². The summed E-state index contributed by atoms with van der Waals surface area (Å²) in [5.74, 6) is 2.69. The van der Waals surface area contributed by atoms with E-state index in [2.05, 4.69) is 30.8 Å². The molecule has 0 saturated heterocycles. The van der Waals surface area contributed by atoms with Gasteiger partial charge >= 0.3 is 0 Å². The second-order valence-electron chi connectivity index (χ2n) is 7.17. The lowest BCUT2D eigenvalue weighted by molar-refractivity contribution is 0.0827. The van der Waals surface area contributed by atoms with Crippen LogP contribution in [0.25, 0.3) is 11.6 Å². The van der Waals surface area contributed by atoms with Crippen LogP contribution >= 0.6 is 24.0 Å². The first-order valence-electron chi connectivity index (χ1n) is 10.3. The Labute approximate surface area is 205 Å². The summed E-state index contributed by atoms with van der Waals surface area (Å²) in [7, 11) is 3.51. The number of rotatable bonds is 9. The monoisotopic (exact) mass is 551 g/mol. The van der Waals surface area contributed by atoms with E-state index in [1.807, 2.05) is 37.3 Å². The first-order chi connectivity index (χ1) is 15.1. The zero-order chi connectivity index (χ0) is 22.1. The van der Waals surface area contributed by atoms with Crippen molar-refractivity contribution in [1.82, 2.24) is 30.7 Å². The highest BCUT2D eigenvalue weighted by atomic mass is 127. The zero-order valence-electron chi connectivity index (χ0n) is 18.6. The quantitative estimate of drug-likeness (QED) is 0.214. The number of aromatic nitrogens is 3. The summed E-state index contributed by atoms with van der Waals surface area (Å²) >= 11 is 0. The largest absolute Gasteiger partial charge is 0.461 e. The van der Waals surface area contributed by atoms with Crippen molar-refractivity contribution in [3.63, 3.8) is 0 Å². The summed E-state index contributed by atoms with van der Waals surface area (Å²) in [6.07, 6.45) is 3.02. The summed E-state index contributed by atoms with van der Waals surface area (Å²) in [6, 6.07) is 11.4. The fourth-order valence-corrected chi connectivity index (χ4v) is 2.98. The predicted octanol–water partition coefficient (Wildman–Crippen LogP) is 2.72. The number of aromatic amines is 1. The molecular formula is C22H30IN7O2. The Bertz CT molecular complexity index is 999. The molecule has 9 nitrogen and oxygen atoms in total. The van der Waals surface area contributed by atoms with Gasteiger partial charge in [0, 0.05) is 45.7 Å². The van der Waals surface area contributed by atoms with Crippen molar-refractivity contribution in [3.8, 4) is 11.6 Å². The van der Waals surface area contributed by atoms with Crippen LogP contribution in [0.15, 0.2) is 52.1 Å². The van der Waals surface area contributed by atoms with Crippen molar-refractivity contribution < 1.29 is 9.21 Å². The van der Waals surface area contributed by atoms with Gasteiger partial charge in [-0.05, 0) is 43.2 Å². The van der Waals surface area contributed by atoms with Crippen LogP contribution in [0.3, 0.4) is 0 Å². The summed E-state index contributed by atoms with van der Waals surface area (Å²) in [6.45, 7) is 4.06. The predicted molar refractivity (Wildman–Crippen MR) is 135 cm³/mol. The molecule has 1 aromatic carbocycles. The second-order valence-corrected chi connectivity index (χ2v) is 7.17. The third kappa shape index (κ3) is 7.36. The Hall–Kier alpha value is -2.89. The number of amides is 1. The highest BCUT2D eigenvalue weighted by Gasteiger charge is 2.09. The molecule has 0 atom stereocenters. The number of nitrogens with one attached hydrogen (secondary N) is 3. The molecule has 0 spiro atoms. The summed E-state index contributed by atoms with van der Waals surface area (Å²) in [4.78, 5) is 22.7. The molecule has 0 fully saturated rings.